The lowest BCUT2D eigenvalue weighted by Crippen LogP contribution is -2.25. The minimum atomic E-state index is 0.00602. The van der Waals surface area contributed by atoms with Gasteiger partial charge in [-0.05, 0) is 39.0 Å². The molecule has 1 aromatic rings. The van der Waals surface area contributed by atoms with Crippen molar-refractivity contribution in [1.82, 2.24) is 0 Å². The Hall–Kier alpha value is -1.51. The Kier molecular flexibility index (Phi) is 3.35. The van der Waals surface area contributed by atoms with Crippen molar-refractivity contribution in [2.24, 2.45) is 0 Å². The molecule has 2 N–H and O–H groups in total. The van der Waals surface area contributed by atoms with Gasteiger partial charge >= 0.3 is 0 Å². The molecule has 0 aliphatic rings. The normalized spacial score (nSPS) is 10.5. The topological polar surface area (TPSA) is 46.3 Å². The quantitative estimate of drug-likeness (QED) is 0.609. The fourth-order valence-electron chi connectivity index (χ4n) is 1.37. The number of ketones is 1. The lowest BCUT2D eigenvalue weighted by Gasteiger charge is -2.24. The van der Waals surface area contributed by atoms with Crippen molar-refractivity contribution < 1.29 is 4.79 Å². The van der Waals surface area contributed by atoms with E-state index in [1.807, 2.05) is 19.2 Å². The Morgan fingerprint density at radius 2 is 2.00 bits per heavy atom. The predicted molar refractivity (Wildman–Crippen MR) is 64.4 cm³/mol. The van der Waals surface area contributed by atoms with E-state index in [-0.39, 0.29) is 5.78 Å². The van der Waals surface area contributed by atoms with E-state index in [4.69, 9.17) is 5.73 Å². The molecule has 1 rings (SSSR count). The Bertz CT molecular complexity index is 372. The average molecular weight is 206 g/mol. The second-order valence-electron chi connectivity index (χ2n) is 4.03. The van der Waals surface area contributed by atoms with E-state index in [9.17, 15) is 4.79 Å². The highest BCUT2D eigenvalue weighted by molar-refractivity contribution is 6.00. The third-order valence-corrected chi connectivity index (χ3v) is 2.60. The number of nitrogens with two attached hydrogens (primary N) is 1. The molecule has 0 bridgehead atoms. The molecule has 0 heterocycles. The van der Waals surface area contributed by atoms with Gasteiger partial charge in [-0.1, -0.05) is 0 Å². The molecule has 0 fully saturated rings. The summed E-state index contributed by atoms with van der Waals surface area (Å²) in [6, 6.07) is 5.96. The molecular formula is C12H18N2O. The van der Waals surface area contributed by atoms with Gasteiger partial charge in [-0.15, -0.1) is 0 Å². The number of rotatable bonds is 3. The SMILES string of the molecule is CC(=O)c1cc(N(C)C(C)C)ccc1N. The maximum absolute atomic E-state index is 11.3. The molecule has 0 atom stereocenters. The van der Waals surface area contributed by atoms with Gasteiger partial charge in [0.1, 0.15) is 0 Å². The summed E-state index contributed by atoms with van der Waals surface area (Å²) in [6.07, 6.45) is 0. The molecule has 0 radical (unpaired) electrons. The summed E-state index contributed by atoms with van der Waals surface area (Å²) in [5.41, 5.74) is 7.89. The molecule has 0 aliphatic carbocycles. The van der Waals surface area contributed by atoms with E-state index in [1.54, 1.807) is 6.07 Å². The summed E-state index contributed by atoms with van der Waals surface area (Å²) in [6.45, 7) is 5.73. The van der Waals surface area contributed by atoms with Crippen LogP contribution < -0.4 is 10.6 Å². The van der Waals surface area contributed by atoms with Crippen molar-refractivity contribution in [1.29, 1.82) is 0 Å². The zero-order valence-electron chi connectivity index (χ0n) is 9.74. The minimum absolute atomic E-state index is 0.00602. The van der Waals surface area contributed by atoms with Crippen LogP contribution in [-0.2, 0) is 0 Å². The van der Waals surface area contributed by atoms with Crippen LogP contribution >= 0.6 is 0 Å². The Balaban J connectivity index is 3.13. The number of carbonyl (C=O) groups excluding carboxylic acids is 1. The minimum Gasteiger partial charge on any atom is -0.398 e. The highest BCUT2D eigenvalue weighted by atomic mass is 16.1. The maximum atomic E-state index is 11.3. The number of nitrogens with zero attached hydrogens (tertiary/aromatic N) is 1. The zero-order valence-corrected chi connectivity index (χ0v) is 9.74. The summed E-state index contributed by atoms with van der Waals surface area (Å²) in [5.74, 6) is 0.00602. The molecule has 0 saturated carbocycles. The van der Waals surface area contributed by atoms with E-state index in [0.29, 0.717) is 17.3 Å². The average Bonchev–Trinajstić information content (AvgIpc) is 2.16. The van der Waals surface area contributed by atoms with E-state index in [1.165, 1.54) is 6.92 Å². The van der Waals surface area contributed by atoms with Gasteiger partial charge in [0.05, 0.1) is 0 Å². The van der Waals surface area contributed by atoms with Crippen molar-refractivity contribution in [3.05, 3.63) is 23.8 Å². The van der Waals surface area contributed by atoms with Gasteiger partial charge in [0.2, 0.25) is 0 Å². The second kappa shape index (κ2) is 4.34. The molecule has 82 valence electrons. The van der Waals surface area contributed by atoms with Gasteiger partial charge in [-0.2, -0.15) is 0 Å². The van der Waals surface area contributed by atoms with Crippen LogP contribution in [0.2, 0.25) is 0 Å². The molecule has 0 aliphatic heterocycles. The van der Waals surface area contributed by atoms with E-state index in [2.05, 4.69) is 18.7 Å². The summed E-state index contributed by atoms with van der Waals surface area (Å²) in [7, 11) is 2.00. The zero-order chi connectivity index (χ0) is 11.6. The second-order valence-corrected chi connectivity index (χ2v) is 4.03. The summed E-state index contributed by atoms with van der Waals surface area (Å²) >= 11 is 0. The fourth-order valence-corrected chi connectivity index (χ4v) is 1.37. The molecule has 0 spiro atoms. The van der Waals surface area contributed by atoms with Gasteiger partial charge in [0.25, 0.3) is 0 Å². The van der Waals surface area contributed by atoms with Crippen molar-refractivity contribution >= 4 is 17.2 Å². The van der Waals surface area contributed by atoms with Gasteiger partial charge in [0.15, 0.2) is 5.78 Å². The van der Waals surface area contributed by atoms with Crippen molar-refractivity contribution in [3.8, 4) is 0 Å². The van der Waals surface area contributed by atoms with Crippen LogP contribution in [0.4, 0.5) is 11.4 Å². The standard InChI is InChI=1S/C12H18N2O/c1-8(2)14(4)10-5-6-12(13)11(7-10)9(3)15/h5-8H,13H2,1-4H3. The van der Waals surface area contributed by atoms with Gasteiger partial charge in [0, 0.05) is 30.0 Å². The molecule has 1 aromatic carbocycles. The summed E-state index contributed by atoms with van der Waals surface area (Å²) in [4.78, 5) is 13.4. The molecule has 3 nitrogen and oxygen atoms in total. The van der Waals surface area contributed by atoms with Crippen LogP contribution in [0, 0.1) is 0 Å². The van der Waals surface area contributed by atoms with Crippen LogP contribution in [0.1, 0.15) is 31.1 Å². The first-order valence-electron chi connectivity index (χ1n) is 5.06. The third kappa shape index (κ3) is 2.49. The molecule has 0 saturated heterocycles. The third-order valence-electron chi connectivity index (χ3n) is 2.60. The van der Waals surface area contributed by atoms with Gasteiger partial charge in [-0.25, -0.2) is 0 Å². The maximum Gasteiger partial charge on any atom is 0.161 e. The first-order valence-corrected chi connectivity index (χ1v) is 5.06. The Morgan fingerprint density at radius 1 is 1.40 bits per heavy atom. The van der Waals surface area contributed by atoms with Crippen molar-refractivity contribution in [2.45, 2.75) is 26.8 Å². The van der Waals surface area contributed by atoms with Crippen LogP contribution in [0.5, 0.6) is 0 Å². The molecule has 3 heteroatoms. The van der Waals surface area contributed by atoms with E-state index in [0.717, 1.165) is 5.69 Å². The molecule has 0 unspecified atom stereocenters. The highest BCUT2D eigenvalue weighted by Gasteiger charge is 2.09. The number of nitrogen functional groups attached to an aromatic ring is 1. The van der Waals surface area contributed by atoms with Crippen LogP contribution in [-0.4, -0.2) is 18.9 Å². The first kappa shape index (κ1) is 11.6. The van der Waals surface area contributed by atoms with Crippen LogP contribution in [0.25, 0.3) is 0 Å². The first-order chi connectivity index (χ1) is 6.93. The molecule has 15 heavy (non-hydrogen) atoms. The fraction of sp³-hybridized carbons (Fsp3) is 0.417. The number of anilines is 2. The largest absolute Gasteiger partial charge is 0.398 e. The smallest absolute Gasteiger partial charge is 0.161 e. The molecule has 0 aromatic heterocycles. The van der Waals surface area contributed by atoms with E-state index < -0.39 is 0 Å². The number of benzene rings is 1. The summed E-state index contributed by atoms with van der Waals surface area (Å²) in [5, 5.41) is 0. The van der Waals surface area contributed by atoms with Crippen LogP contribution in [0.15, 0.2) is 18.2 Å². The monoisotopic (exact) mass is 206 g/mol. The summed E-state index contributed by atoms with van der Waals surface area (Å²) < 4.78 is 0. The van der Waals surface area contributed by atoms with Crippen LogP contribution in [0.3, 0.4) is 0 Å². The molecular weight excluding hydrogens is 188 g/mol. The molecule has 0 amide bonds. The number of Topliss-reactive ketones (excluding diaryl/α,β-unsaturated/α-hetero) is 1. The van der Waals surface area contributed by atoms with Crippen molar-refractivity contribution in [2.75, 3.05) is 17.7 Å². The Morgan fingerprint density at radius 3 is 2.47 bits per heavy atom. The van der Waals surface area contributed by atoms with Gasteiger partial charge < -0.3 is 10.6 Å². The number of carbonyl (C=O) groups is 1. The Labute approximate surface area is 90.9 Å². The number of hydrogen-bond acceptors (Lipinski definition) is 3. The lowest BCUT2D eigenvalue weighted by molar-refractivity contribution is 0.101. The highest BCUT2D eigenvalue weighted by Crippen LogP contribution is 2.22. The predicted octanol–water partition coefficient (Wildman–Crippen LogP) is 2.32. The van der Waals surface area contributed by atoms with Crippen molar-refractivity contribution in [3.63, 3.8) is 0 Å². The van der Waals surface area contributed by atoms with Gasteiger partial charge in [-0.3, -0.25) is 4.79 Å². The van der Waals surface area contributed by atoms with E-state index >= 15 is 0 Å². The lowest BCUT2D eigenvalue weighted by atomic mass is 10.1. The number of hydrogen-bond donors (Lipinski definition) is 1.